The zero-order valence-corrected chi connectivity index (χ0v) is 15.0. The van der Waals surface area contributed by atoms with Crippen LogP contribution in [0.25, 0.3) is 0 Å². The van der Waals surface area contributed by atoms with Crippen molar-refractivity contribution < 1.29 is 9.59 Å². The predicted octanol–water partition coefficient (Wildman–Crippen LogP) is 1.14. The molecule has 1 aromatic heterocycles. The van der Waals surface area contributed by atoms with E-state index in [-0.39, 0.29) is 36.1 Å². The monoisotopic (exact) mass is 363 g/mol. The summed E-state index contributed by atoms with van der Waals surface area (Å²) in [6.45, 7) is 1.34. The molecule has 134 valence electrons. The molecule has 1 fully saturated rings. The summed E-state index contributed by atoms with van der Waals surface area (Å²) in [5, 5.41) is 13.0. The van der Waals surface area contributed by atoms with Crippen molar-refractivity contribution in [3.63, 3.8) is 0 Å². The van der Waals surface area contributed by atoms with Gasteiger partial charge in [0.1, 0.15) is 0 Å². The molecule has 0 radical (unpaired) electrons. The first kappa shape index (κ1) is 19.0. The van der Waals surface area contributed by atoms with E-state index in [1.165, 1.54) is 0 Å². The lowest BCUT2D eigenvalue weighted by Crippen LogP contribution is -2.29. The van der Waals surface area contributed by atoms with Gasteiger partial charge in [0.2, 0.25) is 5.91 Å². The molecule has 0 spiro atoms. The van der Waals surface area contributed by atoms with Crippen LogP contribution in [0.5, 0.6) is 0 Å². The first-order chi connectivity index (χ1) is 11.6. The summed E-state index contributed by atoms with van der Waals surface area (Å²) in [7, 11) is 3.43. The number of benzene rings is 1. The zero-order chi connectivity index (χ0) is 17.1. The van der Waals surface area contributed by atoms with Gasteiger partial charge in [0.05, 0.1) is 23.4 Å². The summed E-state index contributed by atoms with van der Waals surface area (Å²) in [4.78, 5) is 24.7. The van der Waals surface area contributed by atoms with Gasteiger partial charge in [-0.3, -0.25) is 14.3 Å². The highest BCUT2D eigenvalue weighted by atomic mass is 35.5. The summed E-state index contributed by atoms with van der Waals surface area (Å²) >= 11 is 0. The lowest BCUT2D eigenvalue weighted by Gasteiger charge is -2.18. The van der Waals surface area contributed by atoms with E-state index in [1.54, 1.807) is 42.2 Å². The summed E-state index contributed by atoms with van der Waals surface area (Å²) in [6, 6.07) is 7.01. The van der Waals surface area contributed by atoms with E-state index in [0.717, 1.165) is 12.1 Å². The van der Waals surface area contributed by atoms with Crippen molar-refractivity contribution in [2.24, 2.45) is 13.0 Å². The minimum absolute atomic E-state index is 0. The van der Waals surface area contributed by atoms with E-state index in [1.807, 2.05) is 13.2 Å². The Morgan fingerprint density at radius 3 is 2.72 bits per heavy atom. The molecule has 1 aliphatic heterocycles. The molecule has 0 unspecified atom stereocenters. The summed E-state index contributed by atoms with van der Waals surface area (Å²) in [6.07, 6.45) is 3.74. The van der Waals surface area contributed by atoms with Crippen LogP contribution in [0, 0.1) is 5.92 Å². The molecule has 7 nitrogen and oxygen atoms in total. The van der Waals surface area contributed by atoms with Gasteiger partial charge in [0, 0.05) is 39.3 Å². The van der Waals surface area contributed by atoms with Crippen LogP contribution in [-0.4, -0.2) is 41.7 Å². The number of para-hydroxylation sites is 1. The third-order valence-electron chi connectivity index (χ3n) is 4.36. The van der Waals surface area contributed by atoms with Crippen LogP contribution in [0.4, 0.5) is 5.69 Å². The van der Waals surface area contributed by atoms with Crippen LogP contribution in [0.3, 0.4) is 0 Å². The molecule has 2 heterocycles. The second kappa shape index (κ2) is 8.13. The number of aromatic nitrogens is 2. The largest absolute Gasteiger partial charge is 0.355 e. The van der Waals surface area contributed by atoms with E-state index in [0.29, 0.717) is 17.8 Å². The quantitative estimate of drug-likeness (QED) is 0.760. The number of amides is 2. The van der Waals surface area contributed by atoms with Crippen molar-refractivity contribution in [2.45, 2.75) is 5.92 Å². The van der Waals surface area contributed by atoms with Crippen molar-refractivity contribution in [3.05, 3.63) is 47.8 Å². The fraction of sp³-hybridized carbons (Fsp3) is 0.353. The highest BCUT2D eigenvalue weighted by Gasteiger charge is 2.35. The molecule has 1 saturated heterocycles. The number of rotatable bonds is 4. The molecule has 2 atom stereocenters. The number of nitrogens with one attached hydrogen (secondary N) is 3. The van der Waals surface area contributed by atoms with Crippen molar-refractivity contribution in [1.29, 1.82) is 0 Å². The van der Waals surface area contributed by atoms with Gasteiger partial charge in [-0.05, 0) is 17.7 Å². The van der Waals surface area contributed by atoms with E-state index < -0.39 is 0 Å². The normalized spacial score (nSPS) is 19.1. The third-order valence-corrected chi connectivity index (χ3v) is 4.36. The van der Waals surface area contributed by atoms with Gasteiger partial charge >= 0.3 is 0 Å². The molecule has 0 aliphatic carbocycles. The molecular weight excluding hydrogens is 342 g/mol. The molecule has 3 rings (SSSR count). The Kier molecular flexibility index (Phi) is 6.17. The minimum atomic E-state index is -0.223. The Labute approximate surface area is 152 Å². The number of carbonyl (C=O) groups excluding carboxylic acids is 2. The standard InChI is InChI=1S/C17H21N5O2.ClH/c1-18-16(23)12-5-3-4-6-15(12)21-17(24)14-9-19-8-13(14)11-7-20-22(2)10-11;/h3-7,10,13-14,19H,8-9H2,1-2H3,(H,18,23)(H,21,24);1H/t13-,14+;/m1./s1. The Morgan fingerprint density at radius 2 is 2.04 bits per heavy atom. The molecule has 0 saturated carbocycles. The zero-order valence-electron chi connectivity index (χ0n) is 14.2. The van der Waals surface area contributed by atoms with E-state index in [2.05, 4.69) is 21.0 Å². The summed E-state index contributed by atoms with van der Waals surface area (Å²) < 4.78 is 1.74. The van der Waals surface area contributed by atoms with Crippen LogP contribution in [0.2, 0.25) is 0 Å². The highest BCUT2D eigenvalue weighted by molar-refractivity contribution is 6.04. The molecule has 1 aromatic carbocycles. The fourth-order valence-corrected chi connectivity index (χ4v) is 3.09. The topological polar surface area (TPSA) is 88.1 Å². The number of carbonyl (C=O) groups is 2. The summed E-state index contributed by atoms with van der Waals surface area (Å²) in [5.41, 5.74) is 2.03. The van der Waals surface area contributed by atoms with Crippen LogP contribution in [0.1, 0.15) is 21.8 Å². The van der Waals surface area contributed by atoms with Gasteiger partial charge < -0.3 is 16.0 Å². The maximum Gasteiger partial charge on any atom is 0.253 e. The highest BCUT2D eigenvalue weighted by Crippen LogP contribution is 2.29. The first-order valence-corrected chi connectivity index (χ1v) is 7.91. The molecule has 25 heavy (non-hydrogen) atoms. The molecule has 8 heteroatoms. The molecule has 3 N–H and O–H groups in total. The van der Waals surface area contributed by atoms with E-state index in [9.17, 15) is 9.59 Å². The molecule has 2 aromatic rings. The third kappa shape index (κ3) is 4.00. The van der Waals surface area contributed by atoms with Crippen LogP contribution >= 0.6 is 12.4 Å². The number of halogens is 1. The van der Waals surface area contributed by atoms with Crippen molar-refractivity contribution >= 4 is 29.9 Å². The van der Waals surface area contributed by atoms with Gasteiger partial charge in [-0.2, -0.15) is 5.10 Å². The average molecular weight is 364 g/mol. The molecule has 0 bridgehead atoms. The smallest absolute Gasteiger partial charge is 0.253 e. The van der Waals surface area contributed by atoms with Crippen molar-refractivity contribution in [2.75, 3.05) is 25.5 Å². The SMILES string of the molecule is CNC(=O)c1ccccc1NC(=O)[C@H]1CNC[C@@H]1c1cnn(C)c1.Cl. The number of hydrogen-bond acceptors (Lipinski definition) is 4. The van der Waals surface area contributed by atoms with Crippen molar-refractivity contribution in [1.82, 2.24) is 20.4 Å². The van der Waals surface area contributed by atoms with Crippen LogP contribution in [0.15, 0.2) is 36.7 Å². The van der Waals surface area contributed by atoms with Gasteiger partial charge in [-0.15, -0.1) is 12.4 Å². The van der Waals surface area contributed by atoms with Crippen LogP contribution < -0.4 is 16.0 Å². The molecule has 2 amide bonds. The van der Waals surface area contributed by atoms with E-state index >= 15 is 0 Å². The fourth-order valence-electron chi connectivity index (χ4n) is 3.09. The Morgan fingerprint density at radius 1 is 1.28 bits per heavy atom. The van der Waals surface area contributed by atoms with Gasteiger partial charge in [-0.25, -0.2) is 0 Å². The number of nitrogens with zero attached hydrogens (tertiary/aromatic N) is 2. The maximum absolute atomic E-state index is 12.8. The summed E-state index contributed by atoms with van der Waals surface area (Å²) in [5.74, 6) is -0.442. The number of anilines is 1. The average Bonchev–Trinajstić information content (AvgIpc) is 3.23. The number of hydrogen-bond donors (Lipinski definition) is 3. The molecule has 1 aliphatic rings. The van der Waals surface area contributed by atoms with Crippen LogP contribution in [-0.2, 0) is 11.8 Å². The Bertz CT molecular complexity index is 761. The van der Waals surface area contributed by atoms with Gasteiger partial charge in [0.15, 0.2) is 0 Å². The lowest BCUT2D eigenvalue weighted by atomic mass is 9.90. The Balaban J connectivity index is 0.00000225. The Hall–Kier alpha value is -2.38. The van der Waals surface area contributed by atoms with E-state index in [4.69, 9.17) is 0 Å². The molecular formula is C17H22ClN5O2. The lowest BCUT2D eigenvalue weighted by molar-refractivity contribution is -0.119. The maximum atomic E-state index is 12.8. The second-order valence-electron chi connectivity index (χ2n) is 5.93. The minimum Gasteiger partial charge on any atom is -0.355 e. The second-order valence-corrected chi connectivity index (χ2v) is 5.93. The predicted molar refractivity (Wildman–Crippen MR) is 98.0 cm³/mol. The number of aryl methyl sites for hydroxylation is 1. The first-order valence-electron chi connectivity index (χ1n) is 7.91. The van der Waals surface area contributed by atoms with Crippen molar-refractivity contribution in [3.8, 4) is 0 Å². The van der Waals surface area contributed by atoms with Gasteiger partial charge in [-0.1, -0.05) is 12.1 Å². The van der Waals surface area contributed by atoms with Gasteiger partial charge in [0.25, 0.3) is 5.91 Å².